The molecule has 0 atom stereocenters. The number of rotatable bonds is 1. The maximum atomic E-state index is 9.10. The molecule has 0 spiro atoms. The highest BCUT2D eigenvalue weighted by atomic mass is 16.4. The van der Waals surface area contributed by atoms with Gasteiger partial charge in [0.05, 0.1) is 6.21 Å². The van der Waals surface area contributed by atoms with Crippen LogP contribution in [0, 0.1) is 6.92 Å². The number of hydrogen-bond acceptors (Lipinski definition) is 4. The van der Waals surface area contributed by atoms with Crippen LogP contribution in [-0.4, -0.2) is 21.5 Å². The number of hydrogen-bond donors (Lipinski definition) is 2. The Morgan fingerprint density at radius 1 is 1.55 bits per heavy atom. The SMILES string of the molecule is Cc1ccc(O)c(/C=N/O)n1. The van der Waals surface area contributed by atoms with E-state index in [-0.39, 0.29) is 11.4 Å². The zero-order chi connectivity index (χ0) is 8.27. The Labute approximate surface area is 63.8 Å². The number of aromatic hydroxyl groups is 1. The van der Waals surface area contributed by atoms with Crippen LogP contribution in [0.2, 0.25) is 0 Å². The van der Waals surface area contributed by atoms with Gasteiger partial charge in [-0.15, -0.1) is 0 Å². The quantitative estimate of drug-likeness (QED) is 0.357. The Morgan fingerprint density at radius 2 is 2.27 bits per heavy atom. The van der Waals surface area contributed by atoms with Crippen molar-refractivity contribution in [2.24, 2.45) is 5.16 Å². The summed E-state index contributed by atoms with van der Waals surface area (Å²) < 4.78 is 0. The minimum absolute atomic E-state index is 0.00778. The molecule has 0 saturated heterocycles. The molecule has 0 aliphatic heterocycles. The summed E-state index contributed by atoms with van der Waals surface area (Å²) >= 11 is 0. The second kappa shape index (κ2) is 3.01. The lowest BCUT2D eigenvalue weighted by molar-refractivity contribution is 0.321. The smallest absolute Gasteiger partial charge is 0.142 e. The first-order valence-electron chi connectivity index (χ1n) is 3.08. The molecule has 0 unspecified atom stereocenters. The molecule has 2 N–H and O–H groups in total. The minimum Gasteiger partial charge on any atom is -0.506 e. The lowest BCUT2D eigenvalue weighted by atomic mass is 10.3. The summed E-state index contributed by atoms with van der Waals surface area (Å²) in [5, 5.41) is 20.0. The first kappa shape index (κ1) is 7.53. The highest BCUT2D eigenvalue weighted by molar-refractivity contribution is 5.80. The van der Waals surface area contributed by atoms with Gasteiger partial charge < -0.3 is 10.3 Å². The van der Waals surface area contributed by atoms with Crippen molar-refractivity contribution in [3.05, 3.63) is 23.5 Å². The van der Waals surface area contributed by atoms with E-state index in [0.29, 0.717) is 0 Å². The van der Waals surface area contributed by atoms with Gasteiger partial charge in [-0.25, -0.2) is 4.98 Å². The number of oxime groups is 1. The first-order chi connectivity index (χ1) is 5.24. The summed E-state index contributed by atoms with van der Waals surface area (Å²) in [6.45, 7) is 1.79. The van der Waals surface area contributed by atoms with Gasteiger partial charge in [-0.1, -0.05) is 5.16 Å². The Balaban J connectivity index is 3.12. The maximum absolute atomic E-state index is 9.10. The Hall–Kier alpha value is -1.58. The third-order valence-electron chi connectivity index (χ3n) is 1.22. The van der Waals surface area contributed by atoms with E-state index in [1.807, 2.05) is 0 Å². The summed E-state index contributed by atoms with van der Waals surface area (Å²) in [6, 6.07) is 3.17. The molecule has 1 heterocycles. The average Bonchev–Trinajstić information content (AvgIpc) is 1.98. The molecule has 0 amide bonds. The van der Waals surface area contributed by atoms with Crippen LogP contribution in [0.1, 0.15) is 11.4 Å². The summed E-state index contributed by atoms with van der Waals surface area (Å²) in [7, 11) is 0. The molecule has 11 heavy (non-hydrogen) atoms. The highest BCUT2D eigenvalue weighted by Gasteiger charge is 1.98. The van der Waals surface area contributed by atoms with Crippen LogP contribution in [0.3, 0.4) is 0 Å². The average molecular weight is 152 g/mol. The van der Waals surface area contributed by atoms with E-state index in [0.717, 1.165) is 11.9 Å². The molecule has 0 fully saturated rings. The van der Waals surface area contributed by atoms with Crippen LogP contribution in [0.5, 0.6) is 5.75 Å². The van der Waals surface area contributed by atoms with Crippen molar-refractivity contribution in [2.45, 2.75) is 6.92 Å². The molecular weight excluding hydrogens is 144 g/mol. The topological polar surface area (TPSA) is 65.7 Å². The van der Waals surface area contributed by atoms with Gasteiger partial charge >= 0.3 is 0 Å². The summed E-state index contributed by atoms with van der Waals surface area (Å²) in [4.78, 5) is 3.90. The zero-order valence-corrected chi connectivity index (χ0v) is 6.02. The van der Waals surface area contributed by atoms with Crippen molar-refractivity contribution in [2.75, 3.05) is 0 Å². The molecule has 1 aromatic rings. The standard InChI is InChI=1S/C7H8N2O2/c1-5-2-3-7(10)6(9-5)4-8-11/h2-4,10-11H,1H3/b8-4+. The second-order valence-electron chi connectivity index (χ2n) is 2.10. The van der Waals surface area contributed by atoms with Crippen molar-refractivity contribution in [1.29, 1.82) is 0 Å². The lowest BCUT2D eigenvalue weighted by Gasteiger charge is -1.96. The Morgan fingerprint density at radius 3 is 2.91 bits per heavy atom. The van der Waals surface area contributed by atoms with Gasteiger partial charge in [0.25, 0.3) is 0 Å². The molecule has 4 nitrogen and oxygen atoms in total. The fourth-order valence-electron chi connectivity index (χ4n) is 0.719. The summed E-state index contributed by atoms with van der Waals surface area (Å²) in [6.07, 6.45) is 1.09. The minimum atomic E-state index is 0.00778. The summed E-state index contributed by atoms with van der Waals surface area (Å²) in [5.41, 5.74) is 1.03. The molecule has 0 aromatic carbocycles. The largest absolute Gasteiger partial charge is 0.506 e. The molecule has 0 bridgehead atoms. The van der Waals surface area contributed by atoms with Gasteiger partial charge in [0, 0.05) is 5.69 Å². The van der Waals surface area contributed by atoms with Gasteiger partial charge in [-0.05, 0) is 19.1 Å². The van der Waals surface area contributed by atoms with Crippen LogP contribution >= 0.6 is 0 Å². The van der Waals surface area contributed by atoms with E-state index in [4.69, 9.17) is 10.3 Å². The van der Waals surface area contributed by atoms with Crippen LogP contribution in [-0.2, 0) is 0 Å². The predicted molar refractivity (Wildman–Crippen MR) is 40.0 cm³/mol. The van der Waals surface area contributed by atoms with Crippen LogP contribution in [0.15, 0.2) is 17.3 Å². The molecular formula is C7H8N2O2. The molecule has 0 aliphatic rings. The van der Waals surface area contributed by atoms with Crippen molar-refractivity contribution in [3.63, 3.8) is 0 Å². The van der Waals surface area contributed by atoms with Gasteiger partial charge in [-0.2, -0.15) is 0 Å². The molecule has 4 heteroatoms. The fraction of sp³-hybridized carbons (Fsp3) is 0.143. The van der Waals surface area contributed by atoms with Crippen molar-refractivity contribution < 1.29 is 10.3 Å². The molecule has 0 aliphatic carbocycles. The van der Waals surface area contributed by atoms with Crippen LogP contribution < -0.4 is 0 Å². The summed E-state index contributed by atoms with van der Waals surface area (Å²) in [5.74, 6) is 0.00778. The Kier molecular flexibility index (Phi) is 2.06. The van der Waals surface area contributed by atoms with Crippen molar-refractivity contribution in [3.8, 4) is 5.75 Å². The van der Waals surface area contributed by atoms with Crippen LogP contribution in [0.25, 0.3) is 0 Å². The third-order valence-corrected chi connectivity index (χ3v) is 1.22. The fourth-order valence-corrected chi connectivity index (χ4v) is 0.719. The van der Waals surface area contributed by atoms with Gasteiger partial charge in [0.2, 0.25) is 0 Å². The monoisotopic (exact) mass is 152 g/mol. The first-order valence-corrected chi connectivity index (χ1v) is 3.08. The van der Waals surface area contributed by atoms with Crippen molar-refractivity contribution >= 4 is 6.21 Å². The van der Waals surface area contributed by atoms with E-state index in [1.54, 1.807) is 13.0 Å². The maximum Gasteiger partial charge on any atom is 0.142 e. The zero-order valence-electron chi connectivity index (χ0n) is 6.02. The van der Waals surface area contributed by atoms with E-state index in [9.17, 15) is 0 Å². The van der Waals surface area contributed by atoms with Crippen LogP contribution in [0.4, 0.5) is 0 Å². The molecule has 58 valence electrons. The van der Waals surface area contributed by atoms with Gasteiger partial charge in [0.15, 0.2) is 0 Å². The number of pyridine rings is 1. The van der Waals surface area contributed by atoms with E-state index in [2.05, 4.69) is 10.1 Å². The number of nitrogens with zero attached hydrogens (tertiary/aromatic N) is 2. The van der Waals surface area contributed by atoms with Crippen molar-refractivity contribution in [1.82, 2.24) is 4.98 Å². The molecule has 1 rings (SSSR count). The Bertz CT molecular complexity index is 284. The van der Waals surface area contributed by atoms with E-state index >= 15 is 0 Å². The molecule has 0 saturated carbocycles. The van der Waals surface area contributed by atoms with E-state index < -0.39 is 0 Å². The van der Waals surface area contributed by atoms with Gasteiger partial charge in [0.1, 0.15) is 11.4 Å². The lowest BCUT2D eigenvalue weighted by Crippen LogP contribution is -1.90. The third kappa shape index (κ3) is 1.67. The predicted octanol–water partition coefficient (Wildman–Crippen LogP) is 0.904. The second-order valence-corrected chi connectivity index (χ2v) is 2.10. The number of aryl methyl sites for hydroxylation is 1. The van der Waals surface area contributed by atoms with Gasteiger partial charge in [-0.3, -0.25) is 0 Å². The molecule has 1 aromatic heterocycles. The highest BCUT2D eigenvalue weighted by Crippen LogP contribution is 2.11. The van der Waals surface area contributed by atoms with E-state index in [1.165, 1.54) is 6.07 Å². The molecule has 0 radical (unpaired) electrons. The normalized spacial score (nSPS) is 10.6. The number of aromatic nitrogens is 1.